The van der Waals surface area contributed by atoms with Crippen LogP contribution in [0.4, 0.5) is 11.6 Å². The number of fused-ring (bicyclic) bond motifs is 2. The van der Waals surface area contributed by atoms with Crippen LogP contribution in [0.15, 0.2) is 34.6 Å². The first-order valence-corrected chi connectivity index (χ1v) is 12.0. The first kappa shape index (κ1) is 19.6. The second kappa shape index (κ2) is 7.25. The normalized spacial score (nSPS) is 16.8. The molecule has 0 saturated heterocycles. The van der Waals surface area contributed by atoms with E-state index in [9.17, 15) is 4.79 Å². The molecule has 2 aliphatic rings. The number of hydrogen-bond acceptors (Lipinski definition) is 7. The van der Waals surface area contributed by atoms with Gasteiger partial charge in [0.15, 0.2) is 5.65 Å². The van der Waals surface area contributed by atoms with Crippen molar-refractivity contribution in [3.05, 3.63) is 57.0 Å². The topological polar surface area (TPSA) is 89.7 Å². The van der Waals surface area contributed by atoms with Crippen molar-refractivity contribution in [1.82, 2.24) is 29.6 Å². The smallest absolute Gasteiger partial charge is 0.278 e. The molecule has 4 heterocycles. The van der Waals surface area contributed by atoms with E-state index in [1.54, 1.807) is 22.2 Å². The zero-order valence-electron chi connectivity index (χ0n) is 18.2. The predicted octanol–water partition coefficient (Wildman–Crippen LogP) is 3.50. The van der Waals surface area contributed by atoms with Gasteiger partial charge in [-0.3, -0.25) is 4.79 Å². The van der Waals surface area contributed by atoms with Crippen molar-refractivity contribution in [2.45, 2.75) is 51.6 Å². The van der Waals surface area contributed by atoms with Gasteiger partial charge in [0.1, 0.15) is 5.39 Å². The number of nitrogens with zero attached hydrogens (tertiary/aromatic N) is 5. The Balaban J connectivity index is 1.42. The van der Waals surface area contributed by atoms with E-state index in [4.69, 9.17) is 9.97 Å². The predicted molar refractivity (Wildman–Crippen MR) is 126 cm³/mol. The molecule has 6 rings (SSSR count). The summed E-state index contributed by atoms with van der Waals surface area (Å²) in [4.78, 5) is 27.1. The molecule has 2 N–H and O–H groups in total. The van der Waals surface area contributed by atoms with E-state index >= 15 is 0 Å². The summed E-state index contributed by atoms with van der Waals surface area (Å²) >= 11 is 1.56. The lowest BCUT2D eigenvalue weighted by Gasteiger charge is -2.18. The van der Waals surface area contributed by atoms with E-state index in [1.807, 2.05) is 17.7 Å². The summed E-state index contributed by atoms with van der Waals surface area (Å²) < 4.78 is 3.54. The Morgan fingerprint density at radius 3 is 2.94 bits per heavy atom. The Labute approximate surface area is 189 Å². The van der Waals surface area contributed by atoms with Crippen LogP contribution in [-0.2, 0) is 24.9 Å². The van der Waals surface area contributed by atoms with Crippen molar-refractivity contribution in [1.29, 1.82) is 0 Å². The summed E-state index contributed by atoms with van der Waals surface area (Å²) in [5.74, 6) is 0.472. The van der Waals surface area contributed by atoms with Gasteiger partial charge in [-0.2, -0.15) is 4.98 Å². The van der Waals surface area contributed by atoms with E-state index in [0.29, 0.717) is 23.5 Å². The van der Waals surface area contributed by atoms with Crippen LogP contribution in [-0.4, -0.2) is 30.9 Å². The van der Waals surface area contributed by atoms with Gasteiger partial charge < -0.3 is 10.6 Å². The van der Waals surface area contributed by atoms with Crippen LogP contribution >= 0.6 is 11.3 Å². The second-order valence-corrected chi connectivity index (χ2v) is 9.71. The lowest BCUT2D eigenvalue weighted by Crippen LogP contribution is -2.23. The fourth-order valence-electron chi connectivity index (χ4n) is 4.33. The first-order chi connectivity index (χ1) is 15.6. The molecule has 0 radical (unpaired) electrons. The number of hydrogen-bond donors (Lipinski definition) is 2. The molecule has 0 unspecified atom stereocenters. The maximum Gasteiger partial charge on any atom is 0.278 e. The molecule has 164 valence electrons. The van der Waals surface area contributed by atoms with E-state index in [0.717, 1.165) is 48.9 Å². The van der Waals surface area contributed by atoms with E-state index in [1.165, 1.54) is 11.1 Å². The Hall–Kier alpha value is -3.04. The van der Waals surface area contributed by atoms with Crippen LogP contribution in [0.25, 0.3) is 16.2 Å². The molecule has 1 fully saturated rings. The zero-order valence-corrected chi connectivity index (χ0v) is 19.0. The Kier molecular flexibility index (Phi) is 4.44. The average molecular weight is 448 g/mol. The summed E-state index contributed by atoms with van der Waals surface area (Å²) in [5.41, 5.74) is 5.39. The van der Waals surface area contributed by atoms with Gasteiger partial charge in [0.25, 0.3) is 5.56 Å². The fraction of sp³-hybridized carbons (Fsp3) is 0.391. The highest BCUT2D eigenvalue weighted by Gasteiger charge is 2.41. The van der Waals surface area contributed by atoms with Gasteiger partial charge in [-0.15, -0.1) is 11.3 Å². The van der Waals surface area contributed by atoms with Gasteiger partial charge in [0.2, 0.25) is 11.1 Å². The monoisotopic (exact) mass is 447 g/mol. The molecule has 1 aliphatic heterocycles. The number of rotatable bonds is 5. The Morgan fingerprint density at radius 2 is 2.12 bits per heavy atom. The number of anilines is 2. The van der Waals surface area contributed by atoms with Gasteiger partial charge in [-0.25, -0.2) is 19.3 Å². The number of benzene rings is 1. The van der Waals surface area contributed by atoms with Gasteiger partial charge in [0, 0.05) is 35.8 Å². The fourth-order valence-corrected chi connectivity index (χ4v) is 5.33. The second-order valence-electron chi connectivity index (χ2n) is 8.87. The number of nitrogens with one attached hydrogen (secondary N) is 2. The van der Waals surface area contributed by atoms with Crippen LogP contribution in [0.5, 0.6) is 0 Å². The largest absolute Gasteiger partial charge is 0.324 e. The van der Waals surface area contributed by atoms with Crippen LogP contribution in [0.3, 0.4) is 0 Å². The van der Waals surface area contributed by atoms with Crippen molar-refractivity contribution in [3.63, 3.8) is 0 Å². The summed E-state index contributed by atoms with van der Waals surface area (Å²) in [6, 6.07) is 6.35. The molecule has 1 saturated carbocycles. The number of thiazole rings is 1. The average Bonchev–Trinajstić information content (AvgIpc) is 3.26. The summed E-state index contributed by atoms with van der Waals surface area (Å²) in [5, 5.41) is 10.1. The highest BCUT2D eigenvalue weighted by atomic mass is 32.1. The third-order valence-corrected chi connectivity index (χ3v) is 7.43. The molecule has 0 amide bonds. The molecule has 0 bridgehead atoms. The highest BCUT2D eigenvalue weighted by Crippen LogP contribution is 2.47. The first-order valence-electron chi connectivity index (χ1n) is 11.1. The van der Waals surface area contributed by atoms with E-state index in [-0.39, 0.29) is 11.0 Å². The standard InChI is InChI=1S/C23H25N7OS/c1-3-29-20(31)17-12-25-21(26-16-5-4-15-11-24-9-6-14(15)10-16)28-19(17)30(29)22-27-18(13-32-22)23(2)7-8-23/h4-5,10,12-13,24H,3,6-9,11H2,1-2H3,(H,25,26,28). The minimum Gasteiger partial charge on any atom is -0.324 e. The van der Waals surface area contributed by atoms with E-state index < -0.39 is 0 Å². The van der Waals surface area contributed by atoms with E-state index in [2.05, 4.69) is 40.1 Å². The SMILES string of the molecule is CCn1c(=O)c2cnc(Nc3ccc4c(c3)CCNC4)nc2n1-c1nc(C2(C)CC2)cs1. The molecule has 3 aromatic heterocycles. The quantitative estimate of drug-likeness (QED) is 0.487. The molecule has 4 aromatic rings. The lowest BCUT2D eigenvalue weighted by atomic mass is 10.0. The molecule has 1 aromatic carbocycles. The minimum absolute atomic E-state index is 0.0929. The van der Waals surface area contributed by atoms with Gasteiger partial charge in [0.05, 0.1) is 5.69 Å². The lowest BCUT2D eigenvalue weighted by molar-refractivity contribution is 0.571. The van der Waals surface area contributed by atoms with Crippen LogP contribution in [0.2, 0.25) is 0 Å². The molecule has 8 nitrogen and oxygen atoms in total. The Morgan fingerprint density at radius 1 is 1.25 bits per heavy atom. The minimum atomic E-state index is -0.0929. The number of aromatic nitrogens is 5. The molecule has 9 heteroatoms. The van der Waals surface area contributed by atoms with Crippen LogP contribution < -0.4 is 16.2 Å². The van der Waals surface area contributed by atoms with Gasteiger partial charge in [-0.05, 0) is 56.0 Å². The summed E-state index contributed by atoms with van der Waals surface area (Å²) in [7, 11) is 0. The molecule has 32 heavy (non-hydrogen) atoms. The summed E-state index contributed by atoms with van der Waals surface area (Å²) in [6.45, 7) is 6.63. The van der Waals surface area contributed by atoms with Gasteiger partial charge >= 0.3 is 0 Å². The third-order valence-electron chi connectivity index (χ3n) is 6.62. The van der Waals surface area contributed by atoms with Crippen molar-refractivity contribution < 1.29 is 0 Å². The van der Waals surface area contributed by atoms with Crippen molar-refractivity contribution >= 4 is 34.0 Å². The maximum atomic E-state index is 13.0. The van der Waals surface area contributed by atoms with Gasteiger partial charge in [-0.1, -0.05) is 13.0 Å². The van der Waals surface area contributed by atoms with Crippen LogP contribution in [0, 0.1) is 0 Å². The third kappa shape index (κ3) is 3.15. The maximum absolute atomic E-state index is 13.0. The molecule has 0 atom stereocenters. The Bertz CT molecular complexity index is 1400. The van der Waals surface area contributed by atoms with Crippen molar-refractivity contribution in [2.24, 2.45) is 0 Å². The molecule has 1 aliphatic carbocycles. The molecule has 0 spiro atoms. The summed E-state index contributed by atoms with van der Waals surface area (Å²) in [6.07, 6.45) is 4.95. The van der Waals surface area contributed by atoms with Crippen molar-refractivity contribution in [2.75, 3.05) is 11.9 Å². The van der Waals surface area contributed by atoms with Crippen molar-refractivity contribution in [3.8, 4) is 5.13 Å². The molecular weight excluding hydrogens is 422 g/mol. The van der Waals surface area contributed by atoms with Crippen LogP contribution in [0.1, 0.15) is 43.5 Å². The zero-order chi connectivity index (χ0) is 21.9. The molecular formula is C23H25N7OS. The highest BCUT2D eigenvalue weighted by molar-refractivity contribution is 7.12.